The van der Waals surface area contributed by atoms with Gasteiger partial charge in [0, 0.05) is 39.4 Å². The molecule has 1 amide bonds. The van der Waals surface area contributed by atoms with Crippen LogP contribution in [0, 0.1) is 0 Å². The smallest absolute Gasteiger partial charge is 0.255 e. The Morgan fingerprint density at radius 1 is 1.12 bits per heavy atom. The number of carbonyl (C=O) groups is 1. The van der Waals surface area contributed by atoms with Gasteiger partial charge >= 0.3 is 0 Å². The first kappa shape index (κ1) is 24.2. The Bertz CT molecular complexity index is 1260. The molecule has 2 aromatic heterocycles. The number of nitrogens with one attached hydrogen (secondary N) is 2. The minimum Gasteiger partial charge on any atom is -0.381 e. The molecule has 9 nitrogen and oxygen atoms in total. The molecule has 2 heterocycles. The van der Waals surface area contributed by atoms with Crippen molar-refractivity contribution in [2.75, 3.05) is 19.4 Å². The van der Waals surface area contributed by atoms with E-state index in [4.69, 9.17) is 0 Å². The number of pyridine rings is 1. The lowest BCUT2D eigenvalue weighted by atomic mass is 9.95. The Balaban J connectivity index is 1.55. The molecule has 0 spiro atoms. The van der Waals surface area contributed by atoms with Gasteiger partial charge in [-0.05, 0) is 37.5 Å². The molecule has 1 aliphatic rings. The van der Waals surface area contributed by atoms with Gasteiger partial charge in [-0.25, -0.2) is 22.4 Å². The van der Waals surface area contributed by atoms with Crippen molar-refractivity contribution >= 4 is 32.7 Å². The van der Waals surface area contributed by atoms with Crippen LogP contribution in [0.2, 0.25) is 0 Å². The summed E-state index contributed by atoms with van der Waals surface area (Å²) >= 11 is 0. The Labute approximate surface area is 200 Å². The molecule has 2 N–H and O–H groups in total. The number of amides is 1. The highest BCUT2D eigenvalue weighted by molar-refractivity contribution is 7.89. The first-order chi connectivity index (χ1) is 16.3. The molecular weight excluding hydrogens is 452 g/mol. The Kier molecular flexibility index (Phi) is 7.18. The zero-order valence-corrected chi connectivity index (χ0v) is 20.7. The number of nitrogens with zero attached hydrogens (tertiary/aromatic N) is 4. The topological polar surface area (TPSA) is 109 Å². The predicted molar refractivity (Wildman–Crippen MR) is 132 cm³/mol. The second-order valence-corrected chi connectivity index (χ2v) is 11.0. The van der Waals surface area contributed by atoms with Crippen LogP contribution in [0.1, 0.15) is 54.9 Å². The number of fused-ring (bicyclic) bond motifs is 1. The number of benzene rings is 1. The summed E-state index contributed by atoms with van der Waals surface area (Å²) in [6.07, 6.45) is 9.16. The maximum atomic E-state index is 13.2. The molecular formula is C24H32N6O3S. The quantitative estimate of drug-likeness (QED) is 0.507. The molecule has 10 heteroatoms. The van der Waals surface area contributed by atoms with Crippen molar-refractivity contribution in [3.05, 3.63) is 47.8 Å². The van der Waals surface area contributed by atoms with Crippen LogP contribution < -0.4 is 10.6 Å². The van der Waals surface area contributed by atoms with E-state index in [0.717, 1.165) is 35.1 Å². The number of aryl methyl sites for hydroxylation is 1. The minimum atomic E-state index is -3.49. The van der Waals surface area contributed by atoms with Crippen LogP contribution in [0.5, 0.6) is 0 Å². The fourth-order valence-corrected chi connectivity index (χ4v) is 5.21. The molecule has 0 atom stereocenters. The standard InChI is InChI=1S/C24H32N6O3S/c1-4-30-23-20(16-27-30)22(28-18-8-6-5-7-9-18)21(15-25-23)24(31)26-14-17-10-12-19(13-11-17)34(32,33)29(2)3/h10-13,15-16,18H,4-9,14H2,1-3H3,(H,25,28)(H,26,31). The summed E-state index contributed by atoms with van der Waals surface area (Å²) in [5.74, 6) is -0.234. The fraction of sp³-hybridized carbons (Fsp3) is 0.458. The summed E-state index contributed by atoms with van der Waals surface area (Å²) < 4.78 is 27.5. The maximum absolute atomic E-state index is 13.2. The van der Waals surface area contributed by atoms with Gasteiger partial charge < -0.3 is 10.6 Å². The van der Waals surface area contributed by atoms with Crippen molar-refractivity contribution in [3.8, 4) is 0 Å². The van der Waals surface area contributed by atoms with Gasteiger partial charge in [0.05, 0.1) is 27.7 Å². The molecule has 182 valence electrons. The number of hydrogen-bond donors (Lipinski definition) is 2. The minimum absolute atomic E-state index is 0.217. The highest BCUT2D eigenvalue weighted by atomic mass is 32.2. The third-order valence-electron chi connectivity index (χ3n) is 6.32. The summed E-state index contributed by atoms with van der Waals surface area (Å²) in [6, 6.07) is 6.86. The molecule has 0 bridgehead atoms. The largest absolute Gasteiger partial charge is 0.381 e. The lowest BCUT2D eigenvalue weighted by molar-refractivity contribution is 0.0951. The van der Waals surface area contributed by atoms with E-state index in [0.29, 0.717) is 18.2 Å². The molecule has 4 rings (SSSR count). The number of hydrogen-bond acceptors (Lipinski definition) is 6. The molecule has 3 aromatic rings. The van der Waals surface area contributed by atoms with Crippen molar-refractivity contribution in [1.82, 2.24) is 24.4 Å². The Morgan fingerprint density at radius 3 is 2.47 bits per heavy atom. The maximum Gasteiger partial charge on any atom is 0.255 e. The average Bonchev–Trinajstić information content (AvgIpc) is 3.27. The van der Waals surface area contributed by atoms with E-state index >= 15 is 0 Å². The molecule has 1 aliphatic carbocycles. The summed E-state index contributed by atoms with van der Waals surface area (Å²) in [7, 11) is -0.492. The van der Waals surface area contributed by atoms with Crippen molar-refractivity contribution in [3.63, 3.8) is 0 Å². The van der Waals surface area contributed by atoms with Gasteiger partial charge in [-0.2, -0.15) is 5.10 Å². The van der Waals surface area contributed by atoms with Gasteiger partial charge in [0.15, 0.2) is 5.65 Å². The van der Waals surface area contributed by atoms with Gasteiger partial charge in [-0.3, -0.25) is 4.79 Å². The summed E-state index contributed by atoms with van der Waals surface area (Å²) in [5.41, 5.74) is 2.83. The molecule has 0 saturated heterocycles. The van der Waals surface area contributed by atoms with Crippen LogP contribution in [0.15, 0.2) is 41.6 Å². The van der Waals surface area contributed by atoms with Gasteiger partial charge in [0.2, 0.25) is 10.0 Å². The highest BCUT2D eigenvalue weighted by Crippen LogP contribution is 2.30. The van der Waals surface area contributed by atoms with E-state index in [1.165, 1.54) is 37.7 Å². The molecule has 0 radical (unpaired) electrons. The van der Waals surface area contributed by atoms with E-state index in [2.05, 4.69) is 20.7 Å². The van der Waals surface area contributed by atoms with Gasteiger partial charge in [0.1, 0.15) is 0 Å². The number of carbonyl (C=O) groups excluding carboxylic acids is 1. The number of aromatic nitrogens is 3. The summed E-state index contributed by atoms with van der Waals surface area (Å²) in [5, 5.41) is 11.8. The van der Waals surface area contributed by atoms with Crippen molar-refractivity contribution in [2.45, 2.75) is 63.1 Å². The van der Waals surface area contributed by atoms with Gasteiger partial charge in [-0.1, -0.05) is 31.4 Å². The first-order valence-corrected chi connectivity index (χ1v) is 13.2. The number of rotatable bonds is 8. The van der Waals surface area contributed by atoms with E-state index in [1.807, 2.05) is 11.6 Å². The molecule has 1 fully saturated rings. The summed E-state index contributed by atoms with van der Waals surface area (Å²) in [6.45, 7) is 2.98. The Hall–Kier alpha value is -2.98. The second-order valence-electron chi connectivity index (χ2n) is 8.84. The van der Waals surface area contributed by atoms with Gasteiger partial charge in [0.25, 0.3) is 5.91 Å². The van der Waals surface area contributed by atoms with Crippen molar-refractivity contribution < 1.29 is 13.2 Å². The predicted octanol–water partition coefficient (Wildman–Crippen LogP) is 3.38. The Morgan fingerprint density at radius 2 is 1.82 bits per heavy atom. The van der Waals surface area contributed by atoms with Crippen LogP contribution in [-0.4, -0.2) is 53.5 Å². The highest BCUT2D eigenvalue weighted by Gasteiger charge is 2.22. The SMILES string of the molecule is CCn1ncc2c(NC3CCCCC3)c(C(=O)NCc3ccc(S(=O)(=O)N(C)C)cc3)cnc21. The van der Waals surface area contributed by atoms with Crippen LogP contribution in [0.25, 0.3) is 11.0 Å². The lowest BCUT2D eigenvalue weighted by Gasteiger charge is -2.25. The monoisotopic (exact) mass is 484 g/mol. The molecule has 0 unspecified atom stereocenters. The number of anilines is 1. The van der Waals surface area contributed by atoms with Crippen LogP contribution in [0.3, 0.4) is 0 Å². The van der Waals surface area contributed by atoms with Crippen molar-refractivity contribution in [1.29, 1.82) is 0 Å². The van der Waals surface area contributed by atoms with Crippen LogP contribution >= 0.6 is 0 Å². The van der Waals surface area contributed by atoms with Crippen molar-refractivity contribution in [2.24, 2.45) is 0 Å². The van der Waals surface area contributed by atoms with Crippen LogP contribution in [-0.2, 0) is 23.1 Å². The fourth-order valence-electron chi connectivity index (χ4n) is 4.30. The lowest BCUT2D eigenvalue weighted by Crippen LogP contribution is -2.27. The molecule has 0 aliphatic heterocycles. The third-order valence-corrected chi connectivity index (χ3v) is 8.15. The van der Waals surface area contributed by atoms with E-state index in [1.54, 1.807) is 36.7 Å². The van der Waals surface area contributed by atoms with E-state index in [-0.39, 0.29) is 17.3 Å². The second kappa shape index (κ2) is 10.1. The normalized spacial score (nSPS) is 15.1. The van der Waals surface area contributed by atoms with E-state index < -0.39 is 10.0 Å². The molecule has 34 heavy (non-hydrogen) atoms. The van der Waals surface area contributed by atoms with Crippen LogP contribution in [0.4, 0.5) is 5.69 Å². The third kappa shape index (κ3) is 4.92. The van der Waals surface area contributed by atoms with Gasteiger partial charge in [-0.15, -0.1) is 0 Å². The number of sulfonamides is 1. The molecule has 1 aromatic carbocycles. The van der Waals surface area contributed by atoms with E-state index in [9.17, 15) is 13.2 Å². The zero-order chi connectivity index (χ0) is 24.3. The average molecular weight is 485 g/mol. The zero-order valence-electron chi connectivity index (χ0n) is 19.9. The molecule has 1 saturated carbocycles. The summed E-state index contributed by atoms with van der Waals surface area (Å²) in [4.78, 5) is 17.9. The first-order valence-electron chi connectivity index (χ1n) is 11.7.